The van der Waals surface area contributed by atoms with Crippen molar-refractivity contribution in [2.24, 2.45) is 0 Å². The molecule has 0 fully saturated rings. The molecule has 4 heteroatoms. The summed E-state index contributed by atoms with van der Waals surface area (Å²) >= 11 is 3.02. The van der Waals surface area contributed by atoms with Crippen molar-refractivity contribution < 1.29 is 9.18 Å². The van der Waals surface area contributed by atoms with Crippen LogP contribution in [0.2, 0.25) is 0 Å². The fourth-order valence-electron chi connectivity index (χ4n) is 0.887. The van der Waals surface area contributed by atoms with Crippen LogP contribution in [-0.4, -0.2) is 24.9 Å². The standard InChI is InChI=1S/C9H9BrFNO/c1-12(2)9(13)6-3-4-7(10)8(11)5-6/h3-5H,1-2H3. The molecule has 0 aliphatic heterocycles. The lowest BCUT2D eigenvalue weighted by molar-refractivity contribution is 0.0827. The van der Waals surface area contributed by atoms with Gasteiger partial charge in [0, 0.05) is 19.7 Å². The Hall–Kier alpha value is -0.900. The number of hydrogen-bond acceptors (Lipinski definition) is 1. The normalized spacial score (nSPS) is 9.85. The smallest absolute Gasteiger partial charge is 0.253 e. The molecule has 0 atom stereocenters. The van der Waals surface area contributed by atoms with Crippen molar-refractivity contribution in [3.63, 3.8) is 0 Å². The first-order valence-corrected chi connectivity index (χ1v) is 4.48. The van der Waals surface area contributed by atoms with Gasteiger partial charge >= 0.3 is 0 Å². The Morgan fingerprint density at radius 2 is 2.08 bits per heavy atom. The van der Waals surface area contributed by atoms with Crippen LogP contribution in [0.25, 0.3) is 0 Å². The maximum Gasteiger partial charge on any atom is 0.253 e. The first-order chi connectivity index (χ1) is 6.02. The number of halogens is 2. The zero-order valence-corrected chi connectivity index (χ0v) is 8.93. The third-order valence-corrected chi connectivity index (χ3v) is 2.22. The average molecular weight is 246 g/mol. The lowest BCUT2D eigenvalue weighted by atomic mass is 10.2. The zero-order valence-electron chi connectivity index (χ0n) is 7.34. The van der Waals surface area contributed by atoms with Gasteiger partial charge in [-0.25, -0.2) is 4.39 Å². The molecule has 70 valence electrons. The second-order valence-electron chi connectivity index (χ2n) is 2.83. The zero-order chi connectivity index (χ0) is 10.0. The fourth-order valence-corrected chi connectivity index (χ4v) is 1.13. The Kier molecular flexibility index (Phi) is 3.03. The summed E-state index contributed by atoms with van der Waals surface area (Å²) in [7, 11) is 3.25. The largest absolute Gasteiger partial charge is 0.345 e. The molecule has 0 aromatic heterocycles. The van der Waals surface area contributed by atoms with E-state index in [1.54, 1.807) is 20.2 Å². The van der Waals surface area contributed by atoms with E-state index in [2.05, 4.69) is 15.9 Å². The predicted molar refractivity (Wildman–Crippen MR) is 52.1 cm³/mol. The van der Waals surface area contributed by atoms with Crippen molar-refractivity contribution in [1.82, 2.24) is 4.90 Å². The van der Waals surface area contributed by atoms with Crippen LogP contribution < -0.4 is 0 Å². The molecule has 0 heterocycles. The number of carbonyl (C=O) groups excluding carboxylic acids is 1. The summed E-state index contributed by atoms with van der Waals surface area (Å²) in [6.07, 6.45) is 0. The molecule has 0 unspecified atom stereocenters. The van der Waals surface area contributed by atoms with Gasteiger partial charge in [-0.05, 0) is 34.1 Å². The van der Waals surface area contributed by atoms with Crippen molar-refractivity contribution >= 4 is 21.8 Å². The van der Waals surface area contributed by atoms with E-state index in [-0.39, 0.29) is 5.91 Å². The van der Waals surface area contributed by atoms with E-state index in [1.165, 1.54) is 17.0 Å². The molecule has 0 bridgehead atoms. The molecule has 2 nitrogen and oxygen atoms in total. The Morgan fingerprint density at radius 1 is 1.46 bits per heavy atom. The van der Waals surface area contributed by atoms with Gasteiger partial charge in [-0.15, -0.1) is 0 Å². The van der Waals surface area contributed by atoms with Crippen LogP contribution in [0.5, 0.6) is 0 Å². The first-order valence-electron chi connectivity index (χ1n) is 3.69. The Balaban J connectivity index is 3.04. The SMILES string of the molecule is CN(C)C(=O)c1ccc(Br)c(F)c1. The van der Waals surface area contributed by atoms with Gasteiger partial charge in [0.05, 0.1) is 4.47 Å². The molecule has 13 heavy (non-hydrogen) atoms. The highest BCUT2D eigenvalue weighted by Crippen LogP contribution is 2.16. The summed E-state index contributed by atoms with van der Waals surface area (Å²) in [4.78, 5) is 12.8. The van der Waals surface area contributed by atoms with Crippen molar-refractivity contribution in [3.05, 3.63) is 34.1 Å². The molecule has 1 amide bonds. The summed E-state index contributed by atoms with van der Waals surface area (Å²) in [6, 6.07) is 4.31. The topological polar surface area (TPSA) is 20.3 Å². The average Bonchev–Trinajstić information content (AvgIpc) is 2.08. The van der Waals surface area contributed by atoms with E-state index in [0.29, 0.717) is 10.0 Å². The molecule has 0 aliphatic carbocycles. The summed E-state index contributed by atoms with van der Waals surface area (Å²) in [6.45, 7) is 0. The minimum atomic E-state index is -0.423. The highest BCUT2D eigenvalue weighted by Gasteiger charge is 2.09. The van der Waals surface area contributed by atoms with Crippen molar-refractivity contribution in [2.45, 2.75) is 0 Å². The molecular formula is C9H9BrFNO. The van der Waals surface area contributed by atoms with Gasteiger partial charge in [-0.2, -0.15) is 0 Å². The fraction of sp³-hybridized carbons (Fsp3) is 0.222. The van der Waals surface area contributed by atoms with Gasteiger partial charge in [0.1, 0.15) is 5.82 Å². The third kappa shape index (κ3) is 2.28. The maximum absolute atomic E-state index is 13.0. The van der Waals surface area contributed by atoms with Crippen molar-refractivity contribution in [2.75, 3.05) is 14.1 Å². The Labute approximate surface area is 84.5 Å². The van der Waals surface area contributed by atoms with Crippen LogP contribution in [-0.2, 0) is 0 Å². The van der Waals surface area contributed by atoms with Crippen LogP contribution in [0, 0.1) is 5.82 Å². The number of amides is 1. The molecule has 0 saturated carbocycles. The van der Waals surface area contributed by atoms with Gasteiger partial charge < -0.3 is 4.90 Å². The summed E-state index contributed by atoms with van der Waals surface area (Å²) in [5.74, 6) is -0.626. The molecule has 0 saturated heterocycles. The number of benzene rings is 1. The van der Waals surface area contributed by atoms with Gasteiger partial charge in [-0.3, -0.25) is 4.79 Å². The van der Waals surface area contributed by atoms with Gasteiger partial charge in [-0.1, -0.05) is 0 Å². The van der Waals surface area contributed by atoms with Gasteiger partial charge in [0.15, 0.2) is 0 Å². The van der Waals surface area contributed by atoms with E-state index in [1.807, 2.05) is 0 Å². The van der Waals surface area contributed by atoms with E-state index < -0.39 is 5.82 Å². The number of carbonyl (C=O) groups is 1. The first kappa shape index (κ1) is 10.2. The maximum atomic E-state index is 13.0. The lowest BCUT2D eigenvalue weighted by Gasteiger charge is -2.09. The molecule has 0 aliphatic rings. The number of hydrogen-bond donors (Lipinski definition) is 0. The monoisotopic (exact) mass is 245 g/mol. The molecular weight excluding hydrogens is 237 g/mol. The lowest BCUT2D eigenvalue weighted by Crippen LogP contribution is -2.21. The second-order valence-corrected chi connectivity index (χ2v) is 3.68. The highest BCUT2D eigenvalue weighted by molar-refractivity contribution is 9.10. The molecule has 1 aromatic carbocycles. The third-order valence-electron chi connectivity index (χ3n) is 1.57. The van der Waals surface area contributed by atoms with Crippen molar-refractivity contribution in [3.8, 4) is 0 Å². The highest BCUT2D eigenvalue weighted by atomic mass is 79.9. The van der Waals surface area contributed by atoms with Crippen molar-refractivity contribution in [1.29, 1.82) is 0 Å². The van der Waals surface area contributed by atoms with Gasteiger partial charge in [0.25, 0.3) is 5.91 Å². The predicted octanol–water partition coefficient (Wildman–Crippen LogP) is 2.29. The summed E-state index contributed by atoms with van der Waals surface area (Å²) in [5.41, 5.74) is 0.353. The van der Waals surface area contributed by atoms with E-state index in [4.69, 9.17) is 0 Å². The van der Waals surface area contributed by atoms with Crippen LogP contribution >= 0.6 is 15.9 Å². The van der Waals surface area contributed by atoms with Crippen LogP contribution in [0.4, 0.5) is 4.39 Å². The van der Waals surface area contributed by atoms with Crippen LogP contribution in [0.1, 0.15) is 10.4 Å². The minimum Gasteiger partial charge on any atom is -0.345 e. The number of nitrogens with zero attached hydrogens (tertiary/aromatic N) is 1. The molecule has 0 spiro atoms. The second kappa shape index (κ2) is 3.87. The van der Waals surface area contributed by atoms with Crippen LogP contribution in [0.15, 0.2) is 22.7 Å². The molecule has 1 rings (SSSR count). The quantitative estimate of drug-likeness (QED) is 0.744. The summed E-state index contributed by atoms with van der Waals surface area (Å²) < 4.78 is 13.3. The van der Waals surface area contributed by atoms with E-state index in [9.17, 15) is 9.18 Å². The van der Waals surface area contributed by atoms with E-state index >= 15 is 0 Å². The molecule has 0 radical (unpaired) electrons. The Morgan fingerprint density at radius 3 is 2.54 bits per heavy atom. The summed E-state index contributed by atoms with van der Waals surface area (Å²) in [5, 5.41) is 0. The molecule has 1 aromatic rings. The minimum absolute atomic E-state index is 0.202. The van der Waals surface area contributed by atoms with E-state index in [0.717, 1.165) is 0 Å². The van der Waals surface area contributed by atoms with Gasteiger partial charge in [0.2, 0.25) is 0 Å². The molecule has 0 N–H and O–H groups in total. The Bertz CT molecular complexity index is 338. The van der Waals surface area contributed by atoms with Crippen LogP contribution in [0.3, 0.4) is 0 Å². The number of rotatable bonds is 1.